The van der Waals surface area contributed by atoms with Gasteiger partial charge in [0.15, 0.2) is 11.6 Å². The largest absolute Gasteiger partial charge is 0.350 e. The molecular weight excluding hydrogens is 450 g/mol. The summed E-state index contributed by atoms with van der Waals surface area (Å²) in [6.45, 7) is 3.87. The zero-order valence-corrected chi connectivity index (χ0v) is 19.4. The molecule has 0 saturated carbocycles. The van der Waals surface area contributed by atoms with Crippen LogP contribution < -0.4 is 5.32 Å². The van der Waals surface area contributed by atoms with E-state index in [1.165, 1.54) is 6.07 Å². The Labute approximate surface area is 201 Å². The fraction of sp³-hybridized carbons (Fsp3) is 0.308. The zero-order chi connectivity index (χ0) is 24.4. The second-order valence-corrected chi connectivity index (χ2v) is 8.78. The van der Waals surface area contributed by atoms with Gasteiger partial charge in [0.05, 0.1) is 11.6 Å². The average molecular weight is 477 g/mol. The van der Waals surface area contributed by atoms with Gasteiger partial charge in [-0.1, -0.05) is 12.5 Å². The van der Waals surface area contributed by atoms with Crippen molar-refractivity contribution in [2.75, 3.05) is 19.6 Å². The Hall–Kier alpha value is -3.72. The van der Waals surface area contributed by atoms with Gasteiger partial charge in [-0.05, 0) is 68.2 Å². The van der Waals surface area contributed by atoms with Gasteiger partial charge < -0.3 is 5.32 Å². The Morgan fingerprint density at radius 1 is 1.03 bits per heavy atom. The Balaban J connectivity index is 1.46. The second kappa shape index (κ2) is 9.87. The summed E-state index contributed by atoms with van der Waals surface area (Å²) in [4.78, 5) is 28.7. The molecule has 35 heavy (non-hydrogen) atoms. The van der Waals surface area contributed by atoms with Crippen LogP contribution in [0.1, 0.15) is 46.8 Å². The number of carbonyl (C=O) groups excluding carboxylic acids is 1. The number of carbonyl (C=O) groups is 1. The van der Waals surface area contributed by atoms with Gasteiger partial charge in [0.2, 0.25) is 5.95 Å². The van der Waals surface area contributed by atoms with E-state index in [2.05, 4.69) is 25.2 Å². The number of rotatable bonds is 6. The molecule has 1 fully saturated rings. The van der Waals surface area contributed by atoms with Crippen molar-refractivity contribution in [3.05, 3.63) is 83.4 Å². The lowest BCUT2D eigenvalue weighted by Crippen LogP contribution is -2.40. The van der Waals surface area contributed by atoms with Crippen LogP contribution in [0.2, 0.25) is 0 Å². The third kappa shape index (κ3) is 4.64. The third-order valence-electron chi connectivity index (χ3n) is 6.52. The van der Waals surface area contributed by atoms with E-state index in [0.717, 1.165) is 49.4 Å². The van der Waals surface area contributed by atoms with Crippen LogP contribution in [0.4, 0.5) is 8.78 Å². The Morgan fingerprint density at radius 2 is 1.80 bits per heavy atom. The highest BCUT2D eigenvalue weighted by atomic mass is 19.2. The van der Waals surface area contributed by atoms with Gasteiger partial charge in [0.1, 0.15) is 5.65 Å². The van der Waals surface area contributed by atoms with Crippen LogP contribution in [-0.4, -0.2) is 50.0 Å². The van der Waals surface area contributed by atoms with Gasteiger partial charge in [-0.15, -0.1) is 0 Å². The molecule has 4 heterocycles. The molecule has 1 amide bonds. The molecule has 0 aliphatic carbocycles. The number of halogens is 2. The van der Waals surface area contributed by atoms with E-state index in [9.17, 15) is 13.6 Å². The number of nitrogens with one attached hydrogen (secondary N) is 1. The number of hydrogen-bond donors (Lipinski definition) is 1. The molecule has 1 aromatic carbocycles. The van der Waals surface area contributed by atoms with Crippen LogP contribution in [0.15, 0.2) is 55.1 Å². The van der Waals surface area contributed by atoms with Crippen molar-refractivity contribution in [2.45, 2.75) is 32.2 Å². The topological polar surface area (TPSA) is 75.9 Å². The lowest BCUT2D eigenvalue weighted by atomic mass is 10.0. The predicted molar refractivity (Wildman–Crippen MR) is 128 cm³/mol. The van der Waals surface area contributed by atoms with Crippen molar-refractivity contribution in [1.82, 2.24) is 29.7 Å². The molecule has 1 aliphatic rings. The number of nitrogens with zero attached hydrogens (tertiary/aromatic N) is 5. The van der Waals surface area contributed by atoms with Crippen molar-refractivity contribution < 1.29 is 13.6 Å². The predicted octanol–water partition coefficient (Wildman–Crippen LogP) is 4.36. The summed E-state index contributed by atoms with van der Waals surface area (Å²) in [5, 5.41) is 3.76. The maximum absolute atomic E-state index is 14.1. The molecule has 4 aromatic rings. The summed E-state index contributed by atoms with van der Waals surface area (Å²) in [6, 6.07) is 7.28. The first-order valence-electron chi connectivity index (χ1n) is 11.7. The Kier molecular flexibility index (Phi) is 6.50. The minimum absolute atomic E-state index is 0.262. The number of benzene rings is 1. The van der Waals surface area contributed by atoms with Crippen LogP contribution in [-0.2, 0) is 0 Å². The first-order valence-corrected chi connectivity index (χ1v) is 11.7. The maximum Gasteiger partial charge on any atom is 0.253 e. The SMILES string of the molecule is Cc1ccnc2c1c(C(=O)NCC(c1ccc(F)c(F)c1)N1CCCCC1)cn2-c1ncccn1. The lowest BCUT2D eigenvalue weighted by molar-refractivity contribution is 0.0926. The molecule has 1 N–H and O–H groups in total. The number of pyridine rings is 1. The summed E-state index contributed by atoms with van der Waals surface area (Å²) < 4.78 is 29.3. The highest BCUT2D eigenvalue weighted by molar-refractivity contribution is 6.07. The van der Waals surface area contributed by atoms with Gasteiger partial charge >= 0.3 is 0 Å². The molecule has 9 heteroatoms. The quantitative estimate of drug-likeness (QED) is 0.448. The fourth-order valence-corrected chi connectivity index (χ4v) is 4.75. The Bertz CT molecular complexity index is 1350. The fourth-order valence-electron chi connectivity index (χ4n) is 4.75. The molecule has 7 nitrogen and oxygen atoms in total. The summed E-state index contributed by atoms with van der Waals surface area (Å²) in [5.74, 6) is -1.62. The monoisotopic (exact) mass is 476 g/mol. The number of piperidine rings is 1. The average Bonchev–Trinajstić information content (AvgIpc) is 3.28. The van der Waals surface area contributed by atoms with Crippen molar-refractivity contribution in [1.29, 1.82) is 0 Å². The molecule has 1 saturated heterocycles. The molecular formula is C26H26F2N6O. The summed E-state index contributed by atoms with van der Waals surface area (Å²) >= 11 is 0. The van der Waals surface area contributed by atoms with Crippen molar-refractivity contribution in [2.24, 2.45) is 0 Å². The molecule has 0 spiro atoms. The normalized spacial score (nSPS) is 15.3. The van der Waals surface area contributed by atoms with Crippen molar-refractivity contribution >= 4 is 16.9 Å². The number of amides is 1. The Morgan fingerprint density at radius 3 is 2.54 bits per heavy atom. The van der Waals surface area contributed by atoms with Crippen molar-refractivity contribution in [3.63, 3.8) is 0 Å². The van der Waals surface area contributed by atoms with E-state index in [1.807, 2.05) is 13.0 Å². The van der Waals surface area contributed by atoms with Gasteiger partial charge in [0.25, 0.3) is 5.91 Å². The summed E-state index contributed by atoms with van der Waals surface area (Å²) in [6.07, 6.45) is 9.86. The minimum atomic E-state index is -0.886. The first-order chi connectivity index (χ1) is 17.0. The molecule has 0 radical (unpaired) electrons. The number of likely N-dealkylation sites (tertiary alicyclic amines) is 1. The molecule has 5 rings (SSSR count). The lowest BCUT2D eigenvalue weighted by Gasteiger charge is -2.35. The molecule has 1 aliphatic heterocycles. The van der Waals surface area contributed by atoms with E-state index in [0.29, 0.717) is 22.7 Å². The third-order valence-corrected chi connectivity index (χ3v) is 6.52. The van der Waals surface area contributed by atoms with Crippen LogP contribution >= 0.6 is 0 Å². The number of aromatic nitrogens is 4. The van der Waals surface area contributed by atoms with Crippen LogP contribution in [0.5, 0.6) is 0 Å². The molecule has 3 aromatic heterocycles. The van der Waals surface area contributed by atoms with Gasteiger partial charge in [0, 0.05) is 36.7 Å². The summed E-state index contributed by atoms with van der Waals surface area (Å²) in [7, 11) is 0. The maximum atomic E-state index is 14.1. The highest BCUT2D eigenvalue weighted by Gasteiger charge is 2.25. The van der Waals surface area contributed by atoms with E-state index < -0.39 is 11.6 Å². The second-order valence-electron chi connectivity index (χ2n) is 8.78. The standard InChI is InChI=1S/C26H26F2N6O/c1-17-8-11-29-24-23(17)19(16-34(24)26-30-9-5-10-31-26)25(35)32-15-22(33-12-3-2-4-13-33)18-6-7-20(27)21(28)14-18/h5-11,14,16,22H,2-4,12-13,15H2,1H3,(H,32,35). The zero-order valence-electron chi connectivity index (χ0n) is 19.4. The smallest absolute Gasteiger partial charge is 0.253 e. The molecule has 180 valence electrons. The van der Waals surface area contributed by atoms with E-state index in [-0.39, 0.29) is 18.5 Å². The van der Waals surface area contributed by atoms with Crippen LogP contribution in [0, 0.1) is 18.6 Å². The van der Waals surface area contributed by atoms with Gasteiger partial charge in [-0.2, -0.15) is 0 Å². The van der Waals surface area contributed by atoms with E-state index >= 15 is 0 Å². The minimum Gasteiger partial charge on any atom is -0.350 e. The van der Waals surface area contributed by atoms with E-state index in [1.54, 1.807) is 41.5 Å². The number of aryl methyl sites for hydroxylation is 1. The number of fused-ring (bicyclic) bond motifs is 1. The summed E-state index contributed by atoms with van der Waals surface area (Å²) in [5.41, 5.74) is 2.60. The number of hydrogen-bond acceptors (Lipinski definition) is 5. The van der Waals surface area contributed by atoms with Crippen LogP contribution in [0.25, 0.3) is 17.0 Å². The highest BCUT2D eigenvalue weighted by Crippen LogP contribution is 2.27. The van der Waals surface area contributed by atoms with Crippen LogP contribution in [0.3, 0.4) is 0 Å². The molecule has 1 unspecified atom stereocenters. The molecule has 0 bridgehead atoms. The van der Waals surface area contributed by atoms with Gasteiger partial charge in [-0.25, -0.2) is 23.7 Å². The van der Waals surface area contributed by atoms with Gasteiger partial charge in [-0.3, -0.25) is 14.3 Å². The molecule has 1 atom stereocenters. The van der Waals surface area contributed by atoms with Crippen molar-refractivity contribution in [3.8, 4) is 5.95 Å². The first kappa shape index (κ1) is 23.0. The van der Waals surface area contributed by atoms with E-state index in [4.69, 9.17) is 0 Å².